The van der Waals surface area contributed by atoms with Crippen LogP contribution in [-0.2, 0) is 29.0 Å². The van der Waals surface area contributed by atoms with Crippen molar-refractivity contribution in [3.63, 3.8) is 0 Å². The first-order chi connectivity index (χ1) is 8.02. The third-order valence-electron chi connectivity index (χ3n) is 4.68. The molecule has 0 aromatic rings. The normalized spacial score (nSPS) is 34.1. The molecule has 1 saturated heterocycles. The van der Waals surface area contributed by atoms with Crippen molar-refractivity contribution in [2.45, 2.75) is 45.3 Å². The minimum atomic E-state index is -0.410. The number of rotatable bonds is 0. The summed E-state index contributed by atoms with van der Waals surface area (Å²) in [7, 11) is 0. The maximum absolute atomic E-state index is 8.96. The van der Waals surface area contributed by atoms with Gasteiger partial charge in [0.25, 0.3) is 0 Å². The Bertz CT molecular complexity index is 365. The molecule has 3 rings (SSSR count). The first kappa shape index (κ1) is 17.3. The molecule has 19 heavy (non-hydrogen) atoms. The van der Waals surface area contributed by atoms with Crippen LogP contribution >= 0.6 is 0 Å². The van der Waals surface area contributed by atoms with Gasteiger partial charge in [-0.2, -0.15) is 0 Å². The number of ether oxygens (including phenoxy) is 2. The molecule has 0 amide bonds. The second kappa shape index (κ2) is 5.96. The van der Waals surface area contributed by atoms with E-state index in [-0.39, 0.29) is 37.3 Å². The topological polar surface area (TPSA) is 40.8 Å². The Morgan fingerprint density at radius 3 is 2.00 bits per heavy atom. The van der Waals surface area contributed by atoms with Crippen LogP contribution in [0.2, 0.25) is 0 Å². The van der Waals surface area contributed by atoms with E-state index in [9.17, 15) is 0 Å². The summed E-state index contributed by atoms with van der Waals surface area (Å²) in [4.78, 5) is 0. The molecule has 3 aliphatic rings. The van der Waals surface area contributed by atoms with Gasteiger partial charge in [0.2, 0.25) is 0 Å². The van der Waals surface area contributed by atoms with E-state index in [1.807, 2.05) is 13.8 Å². The molecule has 0 unspecified atom stereocenters. The van der Waals surface area contributed by atoms with Gasteiger partial charge in [-0.05, 0) is 56.9 Å². The number of nitrogens with zero attached hydrogens (tertiary/aromatic N) is 1. The van der Waals surface area contributed by atoms with Crippen molar-refractivity contribution in [2.24, 2.45) is 17.3 Å². The van der Waals surface area contributed by atoms with Crippen molar-refractivity contribution >= 4 is 5.87 Å². The Balaban J connectivity index is 0.000000902. The maximum Gasteiger partial charge on any atom is 0.162 e. The predicted octanol–water partition coefficient (Wildman–Crippen LogP) is -1.03. The van der Waals surface area contributed by atoms with E-state index in [0.717, 1.165) is 31.6 Å². The minimum Gasteiger partial charge on any atom is -1.00 e. The van der Waals surface area contributed by atoms with E-state index in [1.165, 1.54) is 12.8 Å². The third kappa shape index (κ3) is 3.31. The van der Waals surface area contributed by atoms with Gasteiger partial charge in [-0.3, -0.25) is 0 Å². The Labute approximate surface area is 134 Å². The minimum absolute atomic E-state index is 0. The van der Waals surface area contributed by atoms with Gasteiger partial charge in [0.15, 0.2) is 5.79 Å². The Morgan fingerprint density at radius 1 is 1.11 bits per heavy atom. The second-order valence-corrected chi connectivity index (χ2v) is 6.53. The zero-order valence-electron chi connectivity index (χ0n) is 11.7. The van der Waals surface area contributed by atoms with Gasteiger partial charge < -0.3 is 21.9 Å². The summed E-state index contributed by atoms with van der Waals surface area (Å²) < 4.78 is 11.7. The molecule has 2 saturated carbocycles. The molecule has 1 heterocycles. The zero-order valence-corrected chi connectivity index (χ0v) is 15.5. The molecule has 0 aromatic heterocycles. The van der Waals surface area contributed by atoms with Crippen molar-refractivity contribution < 1.29 is 41.4 Å². The SMILES string of the molecule is CC1(C)OCC2(CO1)C[C@@H]1CC(=C=[N])C[C@H]1C2.[Cl-].[Zn]. The largest absolute Gasteiger partial charge is 1.00 e. The molecule has 0 bridgehead atoms. The molecular formula is C14H20ClNO2Zn-. The maximum atomic E-state index is 8.96. The van der Waals surface area contributed by atoms with Crippen LogP contribution in [0.3, 0.4) is 0 Å². The Hall–Kier alpha value is 0.283. The molecule has 3 nitrogen and oxygen atoms in total. The van der Waals surface area contributed by atoms with Crippen LogP contribution in [0.1, 0.15) is 39.5 Å². The van der Waals surface area contributed by atoms with Crippen molar-refractivity contribution in [2.75, 3.05) is 13.2 Å². The van der Waals surface area contributed by atoms with Crippen LogP contribution in [0.15, 0.2) is 5.57 Å². The van der Waals surface area contributed by atoms with Gasteiger partial charge in [0.05, 0.1) is 13.2 Å². The summed E-state index contributed by atoms with van der Waals surface area (Å²) in [5.41, 5.74) is 1.35. The third-order valence-corrected chi connectivity index (χ3v) is 4.68. The monoisotopic (exact) mass is 333 g/mol. The van der Waals surface area contributed by atoms with Gasteiger partial charge in [-0.25, -0.2) is 0 Å². The standard InChI is InChI=1S/C14H20NO2.ClH.Zn/c1-13(2)16-8-14(9-17-13)5-11-3-10(7-15)4-12(11)6-14;;/h11-12H,3-6,8-9H2,1-2H3;1H;/p-1/t11-,12-;;/m0../s1. The molecule has 3 fully saturated rings. The average molecular weight is 335 g/mol. The fourth-order valence-electron chi connectivity index (χ4n) is 3.79. The van der Waals surface area contributed by atoms with E-state index >= 15 is 0 Å². The van der Waals surface area contributed by atoms with Gasteiger partial charge in [-0.15, -0.1) is 0 Å². The Morgan fingerprint density at radius 2 is 1.58 bits per heavy atom. The molecule has 2 atom stereocenters. The molecule has 0 aromatic carbocycles. The van der Waals surface area contributed by atoms with Crippen molar-refractivity contribution in [1.82, 2.24) is 5.41 Å². The number of allylic oxidation sites excluding steroid dienone is 1. The average Bonchev–Trinajstić information content (AvgIpc) is 2.78. The fourth-order valence-corrected chi connectivity index (χ4v) is 3.79. The van der Waals surface area contributed by atoms with Crippen molar-refractivity contribution in [3.8, 4) is 0 Å². The van der Waals surface area contributed by atoms with E-state index in [4.69, 9.17) is 14.9 Å². The van der Waals surface area contributed by atoms with E-state index < -0.39 is 5.79 Å². The van der Waals surface area contributed by atoms with Crippen LogP contribution in [-0.4, -0.2) is 24.9 Å². The van der Waals surface area contributed by atoms with Crippen molar-refractivity contribution in [3.05, 3.63) is 5.57 Å². The summed E-state index contributed by atoms with van der Waals surface area (Å²) in [6.07, 6.45) is 4.40. The number of fused-ring (bicyclic) bond motifs is 1. The summed E-state index contributed by atoms with van der Waals surface area (Å²) in [5, 5.41) is 8.96. The molecule has 1 spiro atoms. The zero-order chi connectivity index (χ0) is 12.1. The van der Waals surface area contributed by atoms with Gasteiger partial charge >= 0.3 is 0 Å². The van der Waals surface area contributed by atoms with E-state index in [1.54, 1.807) is 0 Å². The predicted molar refractivity (Wildman–Crippen MR) is 64.5 cm³/mol. The van der Waals surface area contributed by atoms with Crippen LogP contribution in [0.4, 0.5) is 0 Å². The quantitative estimate of drug-likeness (QED) is 0.420. The summed E-state index contributed by atoms with van der Waals surface area (Å²) in [6, 6.07) is 0. The first-order valence-corrected chi connectivity index (χ1v) is 6.55. The number of hydrogen-bond acceptors (Lipinski definition) is 2. The number of halogens is 1. The van der Waals surface area contributed by atoms with E-state index in [0.29, 0.717) is 11.8 Å². The molecule has 5 heteroatoms. The smallest absolute Gasteiger partial charge is 0.162 e. The summed E-state index contributed by atoms with van der Waals surface area (Å²) in [6.45, 7) is 5.62. The molecule has 1 aliphatic heterocycles. The fraction of sp³-hybridized carbons (Fsp3) is 0.857. The van der Waals surface area contributed by atoms with Crippen LogP contribution in [0.5, 0.6) is 0 Å². The molecule has 1 radical (unpaired) electrons. The van der Waals surface area contributed by atoms with Gasteiger partial charge in [0.1, 0.15) is 0 Å². The van der Waals surface area contributed by atoms with Crippen LogP contribution in [0.25, 0.3) is 0 Å². The second-order valence-electron chi connectivity index (χ2n) is 6.53. The van der Waals surface area contributed by atoms with Gasteiger partial charge in [-0.1, -0.05) is 5.41 Å². The van der Waals surface area contributed by atoms with Crippen molar-refractivity contribution in [1.29, 1.82) is 0 Å². The molecular weight excluding hydrogens is 315 g/mol. The Kier molecular flexibility index (Phi) is 5.43. The molecule has 2 aliphatic carbocycles. The van der Waals surface area contributed by atoms with Crippen LogP contribution in [0, 0.1) is 17.3 Å². The summed E-state index contributed by atoms with van der Waals surface area (Å²) >= 11 is 0. The molecule has 103 valence electrons. The first-order valence-electron chi connectivity index (χ1n) is 6.55. The number of hydrogen-bond donors (Lipinski definition) is 0. The van der Waals surface area contributed by atoms with Gasteiger partial charge in [0, 0.05) is 30.8 Å². The summed E-state index contributed by atoms with van der Waals surface area (Å²) in [5.74, 6) is 3.35. The van der Waals surface area contributed by atoms with E-state index in [2.05, 4.69) is 5.87 Å². The van der Waals surface area contributed by atoms with Crippen LogP contribution < -0.4 is 17.8 Å². The molecule has 0 N–H and O–H groups in total.